The Bertz CT molecular complexity index is 576. The lowest BCUT2D eigenvalue weighted by molar-refractivity contribution is -0.0681. The van der Waals surface area contributed by atoms with Gasteiger partial charge in [-0.25, -0.2) is 13.1 Å². The summed E-state index contributed by atoms with van der Waals surface area (Å²) >= 11 is 0. The third kappa shape index (κ3) is 5.88. The second kappa shape index (κ2) is 8.24. The number of hydrogen-bond acceptors (Lipinski definition) is 4. The molecule has 0 aliphatic carbocycles. The van der Waals surface area contributed by atoms with Gasteiger partial charge in [-0.05, 0) is 52.3 Å². The van der Waals surface area contributed by atoms with Crippen LogP contribution in [0.4, 0.5) is 0 Å². The Labute approximate surface area is 140 Å². The molecule has 0 amide bonds. The Balaban J connectivity index is 1.69. The summed E-state index contributed by atoms with van der Waals surface area (Å²) in [6.45, 7) is 9.52. The first-order valence-electron chi connectivity index (χ1n) is 8.31. The first-order chi connectivity index (χ1) is 10.9. The van der Waals surface area contributed by atoms with Crippen molar-refractivity contribution >= 4 is 10.0 Å². The van der Waals surface area contributed by atoms with E-state index < -0.39 is 10.0 Å². The summed E-state index contributed by atoms with van der Waals surface area (Å²) in [5, 5.41) is 0. The number of rotatable bonds is 7. The van der Waals surface area contributed by atoms with Crippen LogP contribution in [-0.2, 0) is 14.8 Å². The van der Waals surface area contributed by atoms with Crippen LogP contribution in [0.5, 0.6) is 0 Å². The molecule has 1 aliphatic rings. The van der Waals surface area contributed by atoms with E-state index in [9.17, 15) is 8.42 Å². The Kier molecular flexibility index (Phi) is 6.59. The van der Waals surface area contributed by atoms with Gasteiger partial charge < -0.3 is 4.74 Å². The van der Waals surface area contributed by atoms with Crippen molar-refractivity contribution in [2.45, 2.75) is 50.7 Å². The number of sulfonamides is 1. The second-order valence-electron chi connectivity index (χ2n) is 6.43. The number of ether oxygens (including phenoxy) is 1. The molecule has 1 N–H and O–H groups in total. The maximum atomic E-state index is 12.2. The zero-order valence-electron chi connectivity index (χ0n) is 14.3. The van der Waals surface area contributed by atoms with E-state index in [4.69, 9.17) is 4.74 Å². The first kappa shape index (κ1) is 18.4. The number of aryl methyl sites for hydroxylation is 1. The predicted octanol–water partition coefficient (Wildman–Crippen LogP) is 2.16. The highest BCUT2D eigenvalue weighted by Crippen LogP contribution is 2.12. The van der Waals surface area contributed by atoms with E-state index in [-0.39, 0.29) is 12.2 Å². The summed E-state index contributed by atoms with van der Waals surface area (Å²) in [7, 11) is -3.38. The summed E-state index contributed by atoms with van der Waals surface area (Å²) in [5.41, 5.74) is 1.05. The maximum Gasteiger partial charge on any atom is 0.240 e. The smallest absolute Gasteiger partial charge is 0.240 e. The van der Waals surface area contributed by atoms with Crippen LogP contribution in [0.1, 0.15) is 32.3 Å². The fraction of sp³-hybridized carbons (Fsp3) is 0.647. The van der Waals surface area contributed by atoms with Crippen molar-refractivity contribution in [3.63, 3.8) is 0 Å². The number of nitrogens with one attached hydrogen (secondary N) is 1. The number of benzene rings is 1. The van der Waals surface area contributed by atoms with Crippen LogP contribution < -0.4 is 4.72 Å². The quantitative estimate of drug-likeness (QED) is 0.773. The summed E-state index contributed by atoms with van der Waals surface area (Å²) < 4.78 is 32.7. The zero-order chi connectivity index (χ0) is 16.9. The van der Waals surface area contributed by atoms with Crippen molar-refractivity contribution in [1.29, 1.82) is 0 Å². The van der Waals surface area contributed by atoms with Gasteiger partial charge >= 0.3 is 0 Å². The van der Waals surface area contributed by atoms with Crippen molar-refractivity contribution in [1.82, 2.24) is 9.62 Å². The van der Waals surface area contributed by atoms with Crippen LogP contribution >= 0.6 is 0 Å². The predicted molar refractivity (Wildman–Crippen MR) is 92.1 cm³/mol. The summed E-state index contributed by atoms with van der Waals surface area (Å²) in [4.78, 5) is 2.73. The van der Waals surface area contributed by atoms with E-state index in [1.165, 1.54) is 0 Å². The number of hydrogen-bond donors (Lipinski definition) is 1. The Morgan fingerprint density at radius 1 is 1.13 bits per heavy atom. The number of unbranched alkanes of at least 4 members (excludes halogenated alkanes) is 1. The lowest BCUT2D eigenvalue weighted by atomic mass is 10.2. The zero-order valence-corrected chi connectivity index (χ0v) is 15.1. The van der Waals surface area contributed by atoms with Gasteiger partial charge in [0.15, 0.2) is 0 Å². The third-order valence-electron chi connectivity index (χ3n) is 4.02. The molecule has 0 aromatic heterocycles. The van der Waals surface area contributed by atoms with Crippen LogP contribution in [-0.4, -0.2) is 51.7 Å². The molecule has 0 unspecified atom stereocenters. The molecule has 2 rings (SSSR count). The van der Waals surface area contributed by atoms with Gasteiger partial charge in [-0.1, -0.05) is 17.7 Å². The van der Waals surface area contributed by atoms with Gasteiger partial charge in [0.2, 0.25) is 10.0 Å². The van der Waals surface area contributed by atoms with Crippen LogP contribution in [0.25, 0.3) is 0 Å². The molecule has 1 saturated heterocycles. The minimum atomic E-state index is -3.38. The maximum absolute atomic E-state index is 12.2. The standard InChI is InChI=1S/C17H28N2O3S/c1-14-6-8-17(9-7-14)23(20,21)18-10-4-5-11-19-12-15(2)22-16(3)13-19/h6-9,15-16,18H,4-5,10-13H2,1-3H3/t15-,16-/m1/s1. The van der Waals surface area contributed by atoms with Crippen LogP contribution in [0.3, 0.4) is 0 Å². The fourth-order valence-electron chi connectivity index (χ4n) is 2.93. The Morgan fingerprint density at radius 2 is 1.74 bits per heavy atom. The minimum absolute atomic E-state index is 0.277. The van der Waals surface area contributed by atoms with E-state index in [1.807, 2.05) is 19.1 Å². The topological polar surface area (TPSA) is 58.6 Å². The molecule has 2 atom stereocenters. The van der Waals surface area contributed by atoms with Crippen LogP contribution in [0, 0.1) is 6.92 Å². The van der Waals surface area contributed by atoms with Crippen molar-refractivity contribution in [2.75, 3.05) is 26.2 Å². The van der Waals surface area contributed by atoms with E-state index in [1.54, 1.807) is 12.1 Å². The molecule has 5 nitrogen and oxygen atoms in total. The highest BCUT2D eigenvalue weighted by atomic mass is 32.2. The lowest BCUT2D eigenvalue weighted by Gasteiger charge is -2.35. The molecule has 1 aromatic rings. The van der Waals surface area contributed by atoms with Crippen molar-refractivity contribution in [3.05, 3.63) is 29.8 Å². The molecular weight excluding hydrogens is 312 g/mol. The largest absolute Gasteiger partial charge is 0.373 e. The molecule has 1 aromatic carbocycles. The van der Waals surface area contributed by atoms with E-state index in [0.717, 1.165) is 38.0 Å². The lowest BCUT2D eigenvalue weighted by Crippen LogP contribution is -2.45. The van der Waals surface area contributed by atoms with Crippen molar-refractivity contribution < 1.29 is 13.2 Å². The fourth-order valence-corrected chi connectivity index (χ4v) is 4.01. The Morgan fingerprint density at radius 3 is 2.35 bits per heavy atom. The summed E-state index contributed by atoms with van der Waals surface area (Å²) in [6, 6.07) is 6.92. The molecule has 1 aliphatic heterocycles. The van der Waals surface area contributed by atoms with Gasteiger partial charge in [-0.2, -0.15) is 0 Å². The van der Waals surface area contributed by atoms with E-state index in [2.05, 4.69) is 23.5 Å². The SMILES string of the molecule is Cc1ccc(S(=O)(=O)NCCCCN2C[C@@H](C)O[C@H](C)C2)cc1. The molecule has 23 heavy (non-hydrogen) atoms. The van der Waals surface area contributed by atoms with Crippen molar-refractivity contribution in [2.24, 2.45) is 0 Å². The van der Waals surface area contributed by atoms with Gasteiger partial charge in [0.25, 0.3) is 0 Å². The molecule has 130 valence electrons. The first-order valence-corrected chi connectivity index (χ1v) is 9.79. The van der Waals surface area contributed by atoms with Crippen LogP contribution in [0.15, 0.2) is 29.2 Å². The monoisotopic (exact) mass is 340 g/mol. The summed E-state index contributed by atoms with van der Waals surface area (Å²) in [6.07, 6.45) is 2.37. The molecule has 6 heteroatoms. The van der Waals surface area contributed by atoms with Gasteiger partial charge in [-0.15, -0.1) is 0 Å². The second-order valence-corrected chi connectivity index (χ2v) is 8.20. The van der Waals surface area contributed by atoms with Crippen LogP contribution in [0.2, 0.25) is 0 Å². The number of morpholine rings is 1. The minimum Gasteiger partial charge on any atom is -0.373 e. The van der Waals surface area contributed by atoms with E-state index >= 15 is 0 Å². The number of nitrogens with zero attached hydrogens (tertiary/aromatic N) is 1. The molecule has 1 fully saturated rings. The van der Waals surface area contributed by atoms with Gasteiger partial charge in [0.1, 0.15) is 0 Å². The molecule has 1 heterocycles. The highest BCUT2D eigenvalue weighted by molar-refractivity contribution is 7.89. The van der Waals surface area contributed by atoms with Gasteiger partial charge in [0, 0.05) is 19.6 Å². The normalized spacial score (nSPS) is 23.1. The molecule has 0 radical (unpaired) electrons. The van der Waals surface area contributed by atoms with Crippen molar-refractivity contribution in [3.8, 4) is 0 Å². The van der Waals surface area contributed by atoms with Gasteiger partial charge in [-0.3, -0.25) is 4.90 Å². The average molecular weight is 340 g/mol. The molecule has 0 saturated carbocycles. The van der Waals surface area contributed by atoms with Gasteiger partial charge in [0.05, 0.1) is 17.1 Å². The summed E-state index contributed by atoms with van der Waals surface area (Å²) in [5.74, 6) is 0. The highest BCUT2D eigenvalue weighted by Gasteiger charge is 2.21. The Hall–Kier alpha value is -0.950. The molecule has 0 bridgehead atoms. The third-order valence-corrected chi connectivity index (χ3v) is 5.50. The molecular formula is C17H28N2O3S. The average Bonchev–Trinajstić information content (AvgIpc) is 2.46. The van der Waals surface area contributed by atoms with E-state index in [0.29, 0.717) is 11.4 Å². The molecule has 0 spiro atoms.